The Morgan fingerprint density at radius 3 is 2.14 bits per heavy atom. The van der Waals surface area contributed by atoms with Crippen LogP contribution in [0.3, 0.4) is 0 Å². The monoisotopic (exact) mass is 207 g/mol. The molecular formula is C11H26FNO. The maximum Gasteiger partial charge on any atom is 0.0888 e. The van der Waals surface area contributed by atoms with E-state index in [9.17, 15) is 4.53 Å². The highest BCUT2D eigenvalue weighted by Crippen LogP contribution is 2.01. The summed E-state index contributed by atoms with van der Waals surface area (Å²) in [6.45, 7) is 12.7. The average molecular weight is 207 g/mol. The number of nitrogens with zero attached hydrogens (tertiary/aromatic N) is 1. The van der Waals surface area contributed by atoms with Crippen LogP contribution < -0.4 is 0 Å². The molecule has 0 aromatic rings. The van der Waals surface area contributed by atoms with Crippen molar-refractivity contribution in [3.8, 4) is 0 Å². The zero-order chi connectivity index (χ0) is 11.4. The molecule has 0 N–H and O–H groups in total. The molecule has 0 atom stereocenters. The van der Waals surface area contributed by atoms with E-state index in [1.165, 1.54) is 0 Å². The van der Waals surface area contributed by atoms with E-state index in [1.54, 1.807) is 0 Å². The predicted molar refractivity (Wildman–Crippen MR) is 60.0 cm³/mol. The molecule has 0 rings (SSSR count). The van der Waals surface area contributed by atoms with Gasteiger partial charge in [0.15, 0.2) is 0 Å². The van der Waals surface area contributed by atoms with E-state index in [0.717, 1.165) is 25.9 Å². The first-order valence-corrected chi connectivity index (χ1v) is 5.70. The van der Waals surface area contributed by atoms with Crippen molar-refractivity contribution in [2.45, 2.75) is 53.5 Å². The van der Waals surface area contributed by atoms with E-state index < -0.39 is 0 Å². The fraction of sp³-hybridized carbons (Fsp3) is 1.00. The molecule has 0 saturated carbocycles. The minimum atomic E-state index is 0.215. The fourth-order valence-corrected chi connectivity index (χ4v) is 1.24. The van der Waals surface area contributed by atoms with Gasteiger partial charge < -0.3 is 4.90 Å². The van der Waals surface area contributed by atoms with Gasteiger partial charge >= 0.3 is 0 Å². The standard InChI is InChI=1S/C9H20FNO.C2H6/c1-4-6-11(9(2)3)7-5-8-12-10;1-2/h9H,4-8H2,1-3H3;1-2H3. The molecule has 0 aromatic carbocycles. The van der Waals surface area contributed by atoms with E-state index in [0.29, 0.717) is 6.04 Å². The molecular weight excluding hydrogens is 181 g/mol. The van der Waals surface area contributed by atoms with Crippen LogP contribution >= 0.6 is 0 Å². The lowest BCUT2D eigenvalue weighted by atomic mass is 10.2. The third-order valence-corrected chi connectivity index (χ3v) is 1.91. The minimum Gasteiger partial charge on any atom is -0.301 e. The third kappa shape index (κ3) is 9.93. The quantitative estimate of drug-likeness (QED) is 0.593. The number of hydrogen-bond acceptors (Lipinski definition) is 2. The van der Waals surface area contributed by atoms with E-state index in [1.807, 2.05) is 13.8 Å². The maximum atomic E-state index is 11.3. The summed E-state index contributed by atoms with van der Waals surface area (Å²) in [6.07, 6.45) is 1.92. The molecule has 0 spiro atoms. The van der Waals surface area contributed by atoms with E-state index in [2.05, 4.69) is 30.6 Å². The Kier molecular flexibility index (Phi) is 14.9. The molecule has 0 amide bonds. The van der Waals surface area contributed by atoms with Gasteiger partial charge in [0, 0.05) is 12.6 Å². The Balaban J connectivity index is 0. The zero-order valence-corrected chi connectivity index (χ0v) is 10.3. The zero-order valence-electron chi connectivity index (χ0n) is 10.3. The minimum absolute atomic E-state index is 0.215. The summed E-state index contributed by atoms with van der Waals surface area (Å²) in [5.74, 6) is 0. The largest absolute Gasteiger partial charge is 0.301 e. The van der Waals surface area contributed by atoms with Crippen molar-refractivity contribution in [2.75, 3.05) is 19.7 Å². The predicted octanol–water partition coefficient (Wildman–Crippen LogP) is 3.42. The fourth-order valence-electron chi connectivity index (χ4n) is 1.24. The summed E-state index contributed by atoms with van der Waals surface area (Å²) < 4.78 is 11.3. The first-order chi connectivity index (χ1) is 6.72. The average Bonchev–Trinajstić information content (AvgIpc) is 2.20. The van der Waals surface area contributed by atoms with Crippen LogP contribution in [0.15, 0.2) is 0 Å². The highest BCUT2D eigenvalue weighted by atomic mass is 19.3. The van der Waals surface area contributed by atoms with Gasteiger partial charge in [-0.3, -0.25) is 0 Å². The number of hydrogen-bond donors (Lipinski definition) is 0. The molecule has 0 aliphatic rings. The molecule has 0 saturated heterocycles. The van der Waals surface area contributed by atoms with Crippen LogP contribution in [0.2, 0.25) is 0 Å². The highest BCUT2D eigenvalue weighted by Gasteiger charge is 2.06. The molecule has 0 fully saturated rings. The van der Waals surface area contributed by atoms with E-state index >= 15 is 0 Å². The van der Waals surface area contributed by atoms with Gasteiger partial charge in [-0.15, -0.1) is 0 Å². The van der Waals surface area contributed by atoms with Gasteiger partial charge in [-0.05, 0) is 37.8 Å². The molecule has 0 aromatic heterocycles. The second-order valence-corrected chi connectivity index (χ2v) is 3.30. The van der Waals surface area contributed by atoms with Crippen molar-refractivity contribution >= 4 is 0 Å². The molecule has 0 aliphatic heterocycles. The van der Waals surface area contributed by atoms with Crippen LogP contribution in [0.25, 0.3) is 0 Å². The van der Waals surface area contributed by atoms with Gasteiger partial charge in [-0.2, -0.15) is 4.94 Å². The lowest BCUT2D eigenvalue weighted by Crippen LogP contribution is -2.32. The SMILES string of the molecule is CC.CCCN(CCCOF)C(C)C. The summed E-state index contributed by atoms with van der Waals surface area (Å²) in [4.78, 5) is 5.86. The maximum absolute atomic E-state index is 11.3. The summed E-state index contributed by atoms with van der Waals surface area (Å²) >= 11 is 0. The summed E-state index contributed by atoms with van der Waals surface area (Å²) in [7, 11) is 0. The summed E-state index contributed by atoms with van der Waals surface area (Å²) in [5.41, 5.74) is 0. The van der Waals surface area contributed by atoms with Gasteiger partial charge in [-0.25, -0.2) is 0 Å². The van der Waals surface area contributed by atoms with Crippen molar-refractivity contribution in [1.82, 2.24) is 4.90 Å². The molecule has 0 aliphatic carbocycles. The van der Waals surface area contributed by atoms with Crippen LogP contribution in [0.5, 0.6) is 0 Å². The normalized spacial score (nSPS) is 10.3. The molecule has 14 heavy (non-hydrogen) atoms. The Bertz CT molecular complexity index is 99.3. The topological polar surface area (TPSA) is 12.5 Å². The van der Waals surface area contributed by atoms with Crippen LogP contribution in [0.1, 0.15) is 47.5 Å². The van der Waals surface area contributed by atoms with Gasteiger partial charge in [-0.1, -0.05) is 20.8 Å². The van der Waals surface area contributed by atoms with Gasteiger partial charge in [0.25, 0.3) is 0 Å². The second-order valence-electron chi connectivity index (χ2n) is 3.30. The van der Waals surface area contributed by atoms with Crippen LogP contribution in [-0.4, -0.2) is 30.6 Å². The Morgan fingerprint density at radius 2 is 1.79 bits per heavy atom. The van der Waals surface area contributed by atoms with E-state index in [4.69, 9.17) is 0 Å². The molecule has 0 bridgehead atoms. The Labute approximate surface area is 88.3 Å². The molecule has 0 heterocycles. The Morgan fingerprint density at radius 1 is 1.21 bits per heavy atom. The molecule has 2 nitrogen and oxygen atoms in total. The highest BCUT2D eigenvalue weighted by molar-refractivity contribution is 4.61. The summed E-state index contributed by atoms with van der Waals surface area (Å²) in [5, 5.41) is 0. The van der Waals surface area contributed by atoms with Crippen molar-refractivity contribution in [2.24, 2.45) is 0 Å². The Hall–Kier alpha value is -0.150. The van der Waals surface area contributed by atoms with E-state index in [-0.39, 0.29) is 6.61 Å². The number of rotatable bonds is 7. The molecule has 88 valence electrons. The number of halogens is 1. The van der Waals surface area contributed by atoms with Crippen molar-refractivity contribution in [1.29, 1.82) is 0 Å². The molecule has 0 unspecified atom stereocenters. The van der Waals surface area contributed by atoms with Crippen molar-refractivity contribution in [3.63, 3.8) is 0 Å². The summed E-state index contributed by atoms with van der Waals surface area (Å²) in [6, 6.07) is 0.546. The van der Waals surface area contributed by atoms with Gasteiger partial charge in [0.05, 0.1) is 6.61 Å². The first-order valence-electron chi connectivity index (χ1n) is 5.70. The lowest BCUT2D eigenvalue weighted by Gasteiger charge is -2.25. The smallest absolute Gasteiger partial charge is 0.0888 e. The third-order valence-electron chi connectivity index (χ3n) is 1.91. The van der Waals surface area contributed by atoms with Crippen molar-refractivity contribution < 1.29 is 9.47 Å². The van der Waals surface area contributed by atoms with Gasteiger partial charge in [0.2, 0.25) is 0 Å². The first kappa shape index (κ1) is 16.3. The molecule has 0 radical (unpaired) electrons. The van der Waals surface area contributed by atoms with Crippen LogP contribution in [-0.2, 0) is 4.94 Å². The van der Waals surface area contributed by atoms with Crippen LogP contribution in [0, 0.1) is 0 Å². The lowest BCUT2D eigenvalue weighted by molar-refractivity contribution is -0.133. The van der Waals surface area contributed by atoms with Crippen molar-refractivity contribution in [3.05, 3.63) is 0 Å². The van der Waals surface area contributed by atoms with Crippen LogP contribution in [0.4, 0.5) is 4.53 Å². The molecule has 3 heteroatoms. The second kappa shape index (κ2) is 12.8. The van der Waals surface area contributed by atoms with Gasteiger partial charge in [0.1, 0.15) is 0 Å².